The van der Waals surface area contributed by atoms with Gasteiger partial charge in [0.05, 0.1) is 35.7 Å². The van der Waals surface area contributed by atoms with Gasteiger partial charge < -0.3 is 15.1 Å². The number of aromatic amines is 1. The lowest BCUT2D eigenvalue weighted by atomic mass is 10.2. The standard InChI is InChI=1S/C19H20N8O3/c1-4-27-17(19(29)22-14-9-20-26(3)11(14)2)15(10-21-27)23-18(28)13-8-12(24-25-13)16-6-5-7-30-16/h5-10H,4H2,1-3H3,(H,22,29)(H,23,28)(H,24,25). The van der Waals surface area contributed by atoms with Gasteiger partial charge in [-0.2, -0.15) is 15.3 Å². The van der Waals surface area contributed by atoms with Crippen molar-refractivity contribution in [3.05, 3.63) is 53.9 Å². The van der Waals surface area contributed by atoms with Crippen LogP contribution in [-0.4, -0.2) is 41.6 Å². The third-order valence-electron chi connectivity index (χ3n) is 4.68. The minimum atomic E-state index is -0.480. The number of hydrogen-bond acceptors (Lipinski definition) is 6. The molecule has 0 aliphatic rings. The predicted molar refractivity (Wildman–Crippen MR) is 108 cm³/mol. The molecule has 4 aromatic rings. The number of nitrogens with zero attached hydrogens (tertiary/aromatic N) is 5. The molecule has 0 aliphatic carbocycles. The molecular weight excluding hydrogens is 388 g/mol. The molecule has 0 spiro atoms. The first-order valence-corrected chi connectivity index (χ1v) is 9.24. The SMILES string of the molecule is CCn1ncc(NC(=O)c2cc(-c3ccco3)[nH]n2)c1C(=O)Nc1cnn(C)c1C. The zero-order valence-corrected chi connectivity index (χ0v) is 16.6. The van der Waals surface area contributed by atoms with Gasteiger partial charge in [-0.05, 0) is 26.0 Å². The fourth-order valence-electron chi connectivity index (χ4n) is 2.94. The minimum Gasteiger partial charge on any atom is -0.463 e. The van der Waals surface area contributed by atoms with Crippen LogP contribution in [0.1, 0.15) is 33.6 Å². The first-order chi connectivity index (χ1) is 14.5. The van der Waals surface area contributed by atoms with Gasteiger partial charge >= 0.3 is 0 Å². The number of furan rings is 1. The van der Waals surface area contributed by atoms with Crippen LogP contribution in [0.2, 0.25) is 0 Å². The summed E-state index contributed by atoms with van der Waals surface area (Å²) in [5.74, 6) is -0.322. The highest BCUT2D eigenvalue weighted by Crippen LogP contribution is 2.21. The third-order valence-corrected chi connectivity index (χ3v) is 4.68. The van der Waals surface area contributed by atoms with E-state index in [1.54, 1.807) is 36.1 Å². The molecule has 0 saturated heterocycles. The van der Waals surface area contributed by atoms with E-state index in [1.165, 1.54) is 17.1 Å². The number of hydrogen-bond donors (Lipinski definition) is 3. The predicted octanol–water partition coefficient (Wildman–Crippen LogP) is 2.43. The van der Waals surface area contributed by atoms with Gasteiger partial charge in [-0.15, -0.1) is 0 Å². The van der Waals surface area contributed by atoms with Crippen molar-refractivity contribution >= 4 is 23.2 Å². The number of H-pyrrole nitrogens is 1. The normalized spacial score (nSPS) is 10.9. The highest BCUT2D eigenvalue weighted by Gasteiger charge is 2.22. The summed E-state index contributed by atoms with van der Waals surface area (Å²) in [4.78, 5) is 25.6. The van der Waals surface area contributed by atoms with E-state index in [0.29, 0.717) is 23.7 Å². The second kappa shape index (κ2) is 7.70. The van der Waals surface area contributed by atoms with E-state index in [1.807, 2.05) is 13.8 Å². The number of aryl methyl sites for hydroxylation is 2. The van der Waals surface area contributed by atoms with E-state index in [4.69, 9.17) is 4.42 Å². The summed E-state index contributed by atoms with van der Waals surface area (Å²) in [6.07, 6.45) is 4.54. The first-order valence-electron chi connectivity index (χ1n) is 9.24. The van der Waals surface area contributed by atoms with Crippen molar-refractivity contribution in [1.29, 1.82) is 0 Å². The lowest BCUT2D eigenvalue weighted by molar-refractivity contribution is 0.101. The molecule has 11 nitrogen and oxygen atoms in total. The van der Waals surface area contributed by atoms with E-state index >= 15 is 0 Å². The van der Waals surface area contributed by atoms with Crippen LogP contribution < -0.4 is 10.6 Å². The molecule has 0 aliphatic heterocycles. The van der Waals surface area contributed by atoms with Crippen molar-refractivity contribution in [3.8, 4) is 11.5 Å². The highest BCUT2D eigenvalue weighted by molar-refractivity contribution is 6.11. The van der Waals surface area contributed by atoms with Crippen molar-refractivity contribution in [1.82, 2.24) is 29.8 Å². The minimum absolute atomic E-state index is 0.153. The quantitative estimate of drug-likeness (QED) is 0.448. The van der Waals surface area contributed by atoms with Crippen LogP contribution in [0.4, 0.5) is 11.4 Å². The molecule has 3 N–H and O–H groups in total. The number of aromatic nitrogens is 6. The Hall–Kier alpha value is -4.15. The van der Waals surface area contributed by atoms with E-state index in [9.17, 15) is 9.59 Å². The van der Waals surface area contributed by atoms with Gasteiger partial charge in [0.25, 0.3) is 11.8 Å². The van der Waals surface area contributed by atoms with E-state index in [-0.39, 0.29) is 17.1 Å². The van der Waals surface area contributed by atoms with Crippen molar-refractivity contribution in [2.75, 3.05) is 10.6 Å². The average molecular weight is 408 g/mol. The van der Waals surface area contributed by atoms with Gasteiger partial charge in [0.15, 0.2) is 11.5 Å². The molecule has 0 unspecified atom stereocenters. The topological polar surface area (TPSA) is 136 Å². The largest absolute Gasteiger partial charge is 0.463 e. The molecule has 0 bridgehead atoms. The molecule has 11 heteroatoms. The first kappa shape index (κ1) is 19.2. The summed E-state index contributed by atoms with van der Waals surface area (Å²) in [6.45, 7) is 4.15. The van der Waals surface area contributed by atoms with Gasteiger partial charge in [0.1, 0.15) is 11.4 Å². The Morgan fingerprint density at radius 1 is 1.17 bits per heavy atom. The molecular formula is C19H20N8O3. The number of nitrogens with one attached hydrogen (secondary N) is 3. The fraction of sp³-hybridized carbons (Fsp3) is 0.211. The summed E-state index contributed by atoms with van der Waals surface area (Å²) in [5, 5.41) is 20.6. The smallest absolute Gasteiger partial charge is 0.276 e. The molecule has 0 atom stereocenters. The van der Waals surface area contributed by atoms with Gasteiger partial charge in [-0.3, -0.25) is 24.1 Å². The molecule has 4 aromatic heterocycles. The van der Waals surface area contributed by atoms with Gasteiger partial charge in [-0.1, -0.05) is 0 Å². The second-order valence-electron chi connectivity index (χ2n) is 6.54. The Bertz CT molecular complexity index is 1200. The van der Waals surface area contributed by atoms with Crippen LogP contribution in [0.3, 0.4) is 0 Å². The van der Waals surface area contributed by atoms with Crippen molar-refractivity contribution in [2.24, 2.45) is 7.05 Å². The molecule has 0 aromatic carbocycles. The molecule has 0 radical (unpaired) electrons. The molecule has 4 heterocycles. The summed E-state index contributed by atoms with van der Waals surface area (Å²) >= 11 is 0. The van der Waals surface area contributed by atoms with Crippen LogP contribution in [0, 0.1) is 6.92 Å². The van der Waals surface area contributed by atoms with Crippen LogP contribution >= 0.6 is 0 Å². The molecule has 2 amide bonds. The zero-order chi connectivity index (χ0) is 21.3. The van der Waals surface area contributed by atoms with E-state index < -0.39 is 11.8 Å². The maximum atomic E-state index is 12.9. The van der Waals surface area contributed by atoms with Crippen LogP contribution in [0.15, 0.2) is 41.3 Å². The Morgan fingerprint density at radius 3 is 2.60 bits per heavy atom. The molecule has 0 fully saturated rings. The summed E-state index contributed by atoms with van der Waals surface area (Å²) in [5.41, 5.74) is 2.62. The number of amides is 2. The van der Waals surface area contributed by atoms with Crippen LogP contribution in [0.5, 0.6) is 0 Å². The van der Waals surface area contributed by atoms with Crippen molar-refractivity contribution < 1.29 is 14.0 Å². The monoisotopic (exact) mass is 408 g/mol. The van der Waals surface area contributed by atoms with Gasteiger partial charge in [0.2, 0.25) is 0 Å². The van der Waals surface area contributed by atoms with Crippen LogP contribution in [0.25, 0.3) is 11.5 Å². The van der Waals surface area contributed by atoms with E-state index in [2.05, 4.69) is 31.0 Å². The summed E-state index contributed by atoms with van der Waals surface area (Å²) in [7, 11) is 1.79. The van der Waals surface area contributed by atoms with Gasteiger partial charge in [0, 0.05) is 19.7 Å². The third kappa shape index (κ3) is 3.48. The van der Waals surface area contributed by atoms with Gasteiger partial charge in [-0.25, -0.2) is 0 Å². The Balaban J connectivity index is 1.56. The Morgan fingerprint density at radius 2 is 1.93 bits per heavy atom. The average Bonchev–Trinajstić information content (AvgIpc) is 3.51. The lowest BCUT2D eigenvalue weighted by Crippen LogP contribution is -2.21. The fourth-order valence-corrected chi connectivity index (χ4v) is 2.94. The van der Waals surface area contributed by atoms with Crippen molar-refractivity contribution in [3.63, 3.8) is 0 Å². The highest BCUT2D eigenvalue weighted by atomic mass is 16.3. The molecule has 0 saturated carbocycles. The molecule has 154 valence electrons. The number of anilines is 2. The maximum absolute atomic E-state index is 12.9. The van der Waals surface area contributed by atoms with Crippen molar-refractivity contribution in [2.45, 2.75) is 20.4 Å². The summed E-state index contributed by atoms with van der Waals surface area (Å²) < 4.78 is 8.46. The number of rotatable bonds is 6. The molecule has 30 heavy (non-hydrogen) atoms. The maximum Gasteiger partial charge on any atom is 0.276 e. The molecule has 4 rings (SSSR count). The Labute approximate surface area is 171 Å². The number of carbonyl (C=O) groups excluding carboxylic acids is 2. The Kier molecular flexibility index (Phi) is 4.92. The lowest BCUT2D eigenvalue weighted by Gasteiger charge is -2.09. The van der Waals surface area contributed by atoms with E-state index in [0.717, 1.165) is 5.69 Å². The summed E-state index contributed by atoms with van der Waals surface area (Å²) in [6, 6.07) is 5.06. The second-order valence-corrected chi connectivity index (χ2v) is 6.54. The number of carbonyl (C=O) groups is 2. The van der Waals surface area contributed by atoms with Crippen LogP contribution in [-0.2, 0) is 13.6 Å². The zero-order valence-electron chi connectivity index (χ0n) is 16.6.